The Morgan fingerprint density at radius 2 is 2.09 bits per heavy atom. The highest BCUT2D eigenvalue weighted by molar-refractivity contribution is 7.08. The van der Waals surface area contributed by atoms with Crippen LogP contribution in [0.4, 0.5) is 5.69 Å². The molecule has 0 aliphatic rings. The molecule has 0 radical (unpaired) electrons. The average Bonchev–Trinajstić information content (AvgIpc) is 3.17. The van der Waals surface area contributed by atoms with Crippen molar-refractivity contribution in [3.63, 3.8) is 0 Å². The van der Waals surface area contributed by atoms with Gasteiger partial charge in [-0.05, 0) is 35.7 Å². The van der Waals surface area contributed by atoms with E-state index < -0.39 is 0 Å². The molecular weight excluding hydrogens is 320 g/mol. The summed E-state index contributed by atoms with van der Waals surface area (Å²) in [5, 5.41) is 7.31. The fourth-order valence-electron chi connectivity index (χ4n) is 1.95. The van der Waals surface area contributed by atoms with Gasteiger partial charge in [0.1, 0.15) is 0 Å². The van der Waals surface area contributed by atoms with Crippen molar-refractivity contribution in [3.05, 3.63) is 58.2 Å². The van der Waals surface area contributed by atoms with E-state index >= 15 is 0 Å². The normalized spacial score (nSPS) is 10.6. The number of nitrogens with zero attached hydrogens (tertiary/aromatic N) is 1. The van der Waals surface area contributed by atoms with Gasteiger partial charge >= 0.3 is 0 Å². The number of halogens is 1. The minimum atomic E-state index is -0.0513. The third-order valence-electron chi connectivity index (χ3n) is 3.05. The topological polar surface area (TPSA) is 55.1 Å². The SMILES string of the molecule is O=C(CCc1ncc(-c2ccc(Cl)cc2)o1)Nc1ccsc1. The second-order valence-corrected chi connectivity index (χ2v) is 5.90. The second kappa shape index (κ2) is 6.77. The molecule has 22 heavy (non-hydrogen) atoms. The van der Waals surface area contributed by atoms with E-state index in [1.165, 1.54) is 0 Å². The zero-order valence-corrected chi connectivity index (χ0v) is 13.2. The molecule has 1 amide bonds. The first-order chi connectivity index (χ1) is 10.7. The van der Waals surface area contributed by atoms with Gasteiger partial charge < -0.3 is 9.73 Å². The molecule has 0 aliphatic heterocycles. The summed E-state index contributed by atoms with van der Waals surface area (Å²) in [6, 6.07) is 9.21. The van der Waals surface area contributed by atoms with Gasteiger partial charge in [-0.15, -0.1) is 0 Å². The van der Waals surface area contributed by atoms with Crippen molar-refractivity contribution >= 4 is 34.5 Å². The number of anilines is 1. The Hall–Kier alpha value is -2.11. The lowest BCUT2D eigenvalue weighted by molar-refractivity contribution is -0.116. The van der Waals surface area contributed by atoms with Gasteiger partial charge in [0.25, 0.3) is 0 Å². The molecule has 0 bridgehead atoms. The van der Waals surface area contributed by atoms with Crippen LogP contribution in [0.25, 0.3) is 11.3 Å². The van der Waals surface area contributed by atoms with E-state index in [-0.39, 0.29) is 5.91 Å². The van der Waals surface area contributed by atoms with Gasteiger partial charge in [0.2, 0.25) is 5.91 Å². The number of thiophene rings is 1. The molecule has 2 heterocycles. The maximum absolute atomic E-state index is 11.8. The number of aryl methyl sites for hydroxylation is 1. The first-order valence-electron chi connectivity index (χ1n) is 6.73. The van der Waals surface area contributed by atoms with Crippen molar-refractivity contribution < 1.29 is 9.21 Å². The predicted octanol–water partition coefficient (Wildman–Crippen LogP) is 4.63. The number of hydrogen-bond acceptors (Lipinski definition) is 4. The Kier molecular flexibility index (Phi) is 4.56. The molecule has 0 saturated heterocycles. The molecule has 0 spiro atoms. The van der Waals surface area contributed by atoms with Crippen LogP contribution in [-0.2, 0) is 11.2 Å². The van der Waals surface area contributed by atoms with Crippen molar-refractivity contribution in [3.8, 4) is 11.3 Å². The van der Waals surface area contributed by atoms with Crippen molar-refractivity contribution in [1.29, 1.82) is 0 Å². The van der Waals surface area contributed by atoms with Crippen LogP contribution in [0.15, 0.2) is 51.7 Å². The van der Waals surface area contributed by atoms with E-state index in [0.29, 0.717) is 29.5 Å². The van der Waals surface area contributed by atoms with E-state index in [0.717, 1.165) is 11.3 Å². The molecule has 3 rings (SSSR count). The Bertz CT molecular complexity index is 751. The molecule has 6 heteroatoms. The van der Waals surface area contributed by atoms with E-state index in [1.54, 1.807) is 29.7 Å². The number of amides is 1. The van der Waals surface area contributed by atoms with Crippen LogP contribution < -0.4 is 5.32 Å². The molecule has 0 atom stereocenters. The minimum absolute atomic E-state index is 0.0513. The van der Waals surface area contributed by atoms with Crippen molar-refractivity contribution in [2.45, 2.75) is 12.8 Å². The van der Waals surface area contributed by atoms with Gasteiger partial charge in [0.05, 0.1) is 11.9 Å². The second-order valence-electron chi connectivity index (χ2n) is 4.69. The molecule has 112 valence electrons. The molecule has 0 saturated carbocycles. The lowest BCUT2D eigenvalue weighted by Gasteiger charge is -2.00. The van der Waals surface area contributed by atoms with Crippen LogP contribution in [0.3, 0.4) is 0 Å². The third kappa shape index (κ3) is 3.75. The molecule has 1 N–H and O–H groups in total. The number of benzene rings is 1. The van der Waals surface area contributed by atoms with Crippen LogP contribution in [0.1, 0.15) is 12.3 Å². The first kappa shape index (κ1) is 14.8. The van der Waals surface area contributed by atoms with Crippen LogP contribution in [0, 0.1) is 0 Å². The number of nitrogens with one attached hydrogen (secondary N) is 1. The largest absolute Gasteiger partial charge is 0.441 e. The van der Waals surface area contributed by atoms with Gasteiger partial charge in [-0.1, -0.05) is 11.6 Å². The van der Waals surface area contributed by atoms with Crippen molar-refractivity contribution in [2.75, 3.05) is 5.32 Å². The lowest BCUT2D eigenvalue weighted by atomic mass is 10.2. The van der Waals surface area contributed by atoms with Crippen molar-refractivity contribution in [1.82, 2.24) is 4.98 Å². The fraction of sp³-hybridized carbons (Fsp3) is 0.125. The van der Waals surface area contributed by atoms with Gasteiger partial charge in [0, 0.05) is 28.8 Å². The number of carbonyl (C=O) groups excluding carboxylic acids is 1. The van der Waals surface area contributed by atoms with E-state index in [4.69, 9.17) is 16.0 Å². The predicted molar refractivity (Wildman–Crippen MR) is 88.2 cm³/mol. The van der Waals surface area contributed by atoms with E-state index in [2.05, 4.69) is 10.3 Å². The van der Waals surface area contributed by atoms with Gasteiger partial charge in [-0.3, -0.25) is 4.79 Å². The van der Waals surface area contributed by atoms with E-state index in [9.17, 15) is 4.79 Å². The zero-order valence-electron chi connectivity index (χ0n) is 11.6. The smallest absolute Gasteiger partial charge is 0.224 e. The van der Waals surface area contributed by atoms with Crippen molar-refractivity contribution in [2.24, 2.45) is 0 Å². The highest BCUT2D eigenvalue weighted by atomic mass is 35.5. The maximum Gasteiger partial charge on any atom is 0.224 e. The quantitative estimate of drug-likeness (QED) is 0.741. The number of rotatable bonds is 5. The van der Waals surface area contributed by atoms with Crippen LogP contribution in [-0.4, -0.2) is 10.9 Å². The van der Waals surface area contributed by atoms with Crippen LogP contribution in [0.5, 0.6) is 0 Å². The molecule has 0 aliphatic carbocycles. The first-order valence-corrected chi connectivity index (χ1v) is 8.05. The number of oxazole rings is 1. The molecular formula is C16H13ClN2O2S. The van der Waals surface area contributed by atoms with E-state index in [1.807, 2.05) is 29.0 Å². The number of carbonyl (C=O) groups is 1. The summed E-state index contributed by atoms with van der Waals surface area (Å²) in [5.41, 5.74) is 1.73. The molecule has 2 aromatic heterocycles. The van der Waals surface area contributed by atoms with Crippen LogP contribution in [0.2, 0.25) is 5.02 Å². The summed E-state index contributed by atoms with van der Waals surface area (Å²) in [7, 11) is 0. The summed E-state index contributed by atoms with van der Waals surface area (Å²) >= 11 is 7.40. The number of aromatic nitrogens is 1. The highest BCUT2D eigenvalue weighted by Crippen LogP contribution is 2.22. The lowest BCUT2D eigenvalue weighted by Crippen LogP contribution is -2.11. The Morgan fingerprint density at radius 3 is 2.82 bits per heavy atom. The van der Waals surface area contributed by atoms with Gasteiger partial charge in [-0.25, -0.2) is 4.98 Å². The number of hydrogen-bond donors (Lipinski definition) is 1. The molecule has 1 aromatic carbocycles. The Balaban J connectivity index is 1.57. The van der Waals surface area contributed by atoms with Gasteiger partial charge in [0.15, 0.2) is 11.7 Å². The fourth-order valence-corrected chi connectivity index (χ4v) is 2.67. The standard InChI is InChI=1S/C16H13ClN2O2S/c17-12-3-1-11(2-4-12)14-9-18-16(21-14)6-5-15(20)19-13-7-8-22-10-13/h1-4,7-10H,5-6H2,(H,19,20). The third-order valence-corrected chi connectivity index (χ3v) is 3.99. The summed E-state index contributed by atoms with van der Waals surface area (Å²) in [5.74, 6) is 1.17. The van der Waals surface area contributed by atoms with Gasteiger partial charge in [-0.2, -0.15) is 11.3 Å². The summed E-state index contributed by atoms with van der Waals surface area (Å²) in [6.07, 6.45) is 2.45. The Morgan fingerprint density at radius 1 is 1.27 bits per heavy atom. The average molecular weight is 333 g/mol. The summed E-state index contributed by atoms with van der Waals surface area (Å²) < 4.78 is 5.66. The molecule has 0 unspecified atom stereocenters. The zero-order chi connectivity index (χ0) is 15.4. The molecule has 4 nitrogen and oxygen atoms in total. The summed E-state index contributed by atoms with van der Waals surface area (Å²) in [6.45, 7) is 0. The highest BCUT2D eigenvalue weighted by Gasteiger charge is 2.09. The van der Waals surface area contributed by atoms with Crippen LogP contribution >= 0.6 is 22.9 Å². The summed E-state index contributed by atoms with van der Waals surface area (Å²) in [4.78, 5) is 16.0. The Labute approximate surface area is 136 Å². The maximum atomic E-state index is 11.8. The monoisotopic (exact) mass is 332 g/mol. The minimum Gasteiger partial charge on any atom is -0.441 e. The molecule has 0 fully saturated rings. The molecule has 3 aromatic rings.